The van der Waals surface area contributed by atoms with E-state index in [4.69, 9.17) is 14.9 Å². The zero-order chi connectivity index (χ0) is 11.1. The van der Waals surface area contributed by atoms with E-state index in [0.29, 0.717) is 19.6 Å². The van der Waals surface area contributed by atoms with Crippen LogP contribution in [-0.4, -0.2) is 47.5 Å². The second-order valence-electron chi connectivity index (χ2n) is 3.96. The number of aliphatic hydroxyl groups is 1. The van der Waals surface area contributed by atoms with E-state index < -0.39 is 5.97 Å². The lowest BCUT2D eigenvalue weighted by Gasteiger charge is -2.11. The first-order chi connectivity index (χ1) is 7.18. The van der Waals surface area contributed by atoms with Crippen LogP contribution in [-0.2, 0) is 9.53 Å². The summed E-state index contributed by atoms with van der Waals surface area (Å²) in [7, 11) is 0. The Hall–Kier alpha value is -0.260. The van der Waals surface area contributed by atoms with Gasteiger partial charge in [0.25, 0.3) is 0 Å². The van der Waals surface area contributed by atoms with E-state index >= 15 is 0 Å². The Balaban J connectivity index is 1.97. The predicted molar refractivity (Wildman–Crippen MR) is 59.1 cm³/mol. The molecular weight excluding hydrogens is 216 g/mol. The highest BCUT2D eigenvalue weighted by Crippen LogP contribution is 2.50. The molecule has 88 valence electrons. The second kappa shape index (κ2) is 6.35. The maximum Gasteiger partial charge on any atom is 0.303 e. The van der Waals surface area contributed by atoms with Gasteiger partial charge in [-0.05, 0) is 24.0 Å². The van der Waals surface area contributed by atoms with Crippen molar-refractivity contribution in [2.24, 2.45) is 5.41 Å². The quantitative estimate of drug-likeness (QED) is 0.582. The maximum atomic E-state index is 10.6. The van der Waals surface area contributed by atoms with Gasteiger partial charge in [0.2, 0.25) is 0 Å². The topological polar surface area (TPSA) is 66.8 Å². The molecule has 1 aliphatic carbocycles. The van der Waals surface area contributed by atoms with E-state index in [1.54, 1.807) is 11.8 Å². The van der Waals surface area contributed by atoms with E-state index in [1.807, 2.05) is 0 Å². The van der Waals surface area contributed by atoms with E-state index in [0.717, 1.165) is 24.3 Å². The van der Waals surface area contributed by atoms with E-state index in [9.17, 15) is 4.79 Å². The fraction of sp³-hybridized carbons (Fsp3) is 0.900. The molecule has 4 nitrogen and oxygen atoms in total. The lowest BCUT2D eigenvalue weighted by molar-refractivity contribution is -0.138. The van der Waals surface area contributed by atoms with Crippen molar-refractivity contribution in [1.82, 2.24) is 0 Å². The molecule has 0 bridgehead atoms. The lowest BCUT2D eigenvalue weighted by Crippen LogP contribution is -2.12. The minimum absolute atomic E-state index is 0.0631. The molecule has 0 unspecified atom stereocenters. The van der Waals surface area contributed by atoms with Gasteiger partial charge in [-0.2, -0.15) is 11.8 Å². The highest BCUT2D eigenvalue weighted by Gasteiger charge is 2.43. The van der Waals surface area contributed by atoms with Gasteiger partial charge in [0, 0.05) is 5.75 Å². The number of aliphatic carboxylic acids is 1. The van der Waals surface area contributed by atoms with Crippen molar-refractivity contribution in [3.8, 4) is 0 Å². The Labute approximate surface area is 94.0 Å². The normalized spacial score (nSPS) is 17.7. The zero-order valence-corrected chi connectivity index (χ0v) is 9.59. The highest BCUT2D eigenvalue weighted by atomic mass is 32.2. The van der Waals surface area contributed by atoms with Crippen molar-refractivity contribution >= 4 is 17.7 Å². The van der Waals surface area contributed by atoms with Crippen LogP contribution in [0.5, 0.6) is 0 Å². The molecule has 0 heterocycles. The maximum absolute atomic E-state index is 10.6. The third kappa shape index (κ3) is 5.39. The summed E-state index contributed by atoms with van der Waals surface area (Å²) >= 11 is 1.75. The Bertz CT molecular complexity index is 204. The first-order valence-electron chi connectivity index (χ1n) is 5.17. The molecule has 15 heavy (non-hydrogen) atoms. The molecule has 2 N–H and O–H groups in total. The number of carboxylic acid groups (broad SMARTS) is 1. The van der Waals surface area contributed by atoms with Crippen LogP contribution in [0.3, 0.4) is 0 Å². The number of carbonyl (C=O) groups is 1. The molecule has 0 aliphatic heterocycles. The van der Waals surface area contributed by atoms with Gasteiger partial charge in [0.1, 0.15) is 0 Å². The fourth-order valence-electron chi connectivity index (χ4n) is 1.44. The summed E-state index contributed by atoms with van der Waals surface area (Å²) in [5.74, 6) is 1.10. The van der Waals surface area contributed by atoms with Gasteiger partial charge in [-0.1, -0.05) is 0 Å². The predicted octanol–water partition coefficient (Wildman–Crippen LogP) is 0.983. The van der Waals surface area contributed by atoms with Gasteiger partial charge < -0.3 is 14.9 Å². The van der Waals surface area contributed by atoms with Crippen molar-refractivity contribution < 1.29 is 19.7 Å². The SMILES string of the molecule is O=C(O)CC1(CSCCOCCO)CC1. The average Bonchev–Trinajstić information content (AvgIpc) is 2.91. The summed E-state index contributed by atoms with van der Waals surface area (Å²) in [6, 6.07) is 0. The van der Waals surface area contributed by atoms with Crippen molar-refractivity contribution in [2.75, 3.05) is 31.3 Å². The molecule has 0 saturated heterocycles. The van der Waals surface area contributed by atoms with Crippen molar-refractivity contribution in [3.63, 3.8) is 0 Å². The zero-order valence-electron chi connectivity index (χ0n) is 8.78. The van der Waals surface area contributed by atoms with Gasteiger partial charge >= 0.3 is 5.97 Å². The van der Waals surface area contributed by atoms with Gasteiger partial charge in [-0.15, -0.1) is 0 Å². The van der Waals surface area contributed by atoms with Crippen LogP contribution in [0.2, 0.25) is 0 Å². The molecule has 5 heteroatoms. The summed E-state index contributed by atoms with van der Waals surface area (Å²) in [6.07, 6.45) is 2.39. The largest absolute Gasteiger partial charge is 0.481 e. The summed E-state index contributed by atoms with van der Waals surface area (Å²) in [5.41, 5.74) is 0.0769. The molecule has 0 spiro atoms. The van der Waals surface area contributed by atoms with Gasteiger partial charge in [-0.25, -0.2) is 0 Å². The molecule has 0 aromatic carbocycles. The molecule has 1 rings (SSSR count). The van der Waals surface area contributed by atoms with Gasteiger partial charge in [0.05, 0.1) is 26.2 Å². The van der Waals surface area contributed by atoms with Gasteiger partial charge in [-0.3, -0.25) is 4.79 Å². The third-order valence-corrected chi connectivity index (χ3v) is 3.77. The monoisotopic (exact) mass is 234 g/mol. The Morgan fingerprint density at radius 1 is 1.40 bits per heavy atom. The van der Waals surface area contributed by atoms with E-state index in [1.165, 1.54) is 0 Å². The standard InChI is InChI=1S/C10H18O4S/c11-3-4-14-5-6-15-8-10(1-2-10)7-9(12)13/h11H,1-8H2,(H,12,13). The number of carboxylic acids is 1. The molecule has 1 fully saturated rings. The molecule has 1 aliphatic rings. The van der Waals surface area contributed by atoms with Crippen LogP contribution in [0.1, 0.15) is 19.3 Å². The molecule has 0 aromatic rings. The molecular formula is C10H18O4S. The van der Waals surface area contributed by atoms with Crippen LogP contribution in [0.4, 0.5) is 0 Å². The number of hydrogen-bond donors (Lipinski definition) is 2. The third-order valence-electron chi connectivity index (χ3n) is 2.50. The first kappa shape index (κ1) is 12.8. The van der Waals surface area contributed by atoms with Crippen molar-refractivity contribution in [3.05, 3.63) is 0 Å². The van der Waals surface area contributed by atoms with Gasteiger partial charge in [0.15, 0.2) is 0 Å². The Morgan fingerprint density at radius 2 is 2.13 bits per heavy atom. The van der Waals surface area contributed by atoms with Crippen molar-refractivity contribution in [1.29, 1.82) is 0 Å². The smallest absolute Gasteiger partial charge is 0.303 e. The lowest BCUT2D eigenvalue weighted by atomic mass is 10.1. The Morgan fingerprint density at radius 3 is 2.67 bits per heavy atom. The van der Waals surface area contributed by atoms with Crippen LogP contribution in [0.25, 0.3) is 0 Å². The number of aliphatic hydroxyl groups excluding tert-OH is 1. The average molecular weight is 234 g/mol. The van der Waals surface area contributed by atoms with Crippen LogP contribution in [0.15, 0.2) is 0 Å². The van der Waals surface area contributed by atoms with E-state index in [2.05, 4.69) is 0 Å². The molecule has 0 radical (unpaired) electrons. The molecule has 1 saturated carbocycles. The number of hydrogen-bond acceptors (Lipinski definition) is 4. The van der Waals surface area contributed by atoms with E-state index in [-0.39, 0.29) is 12.0 Å². The Kier molecular flexibility index (Phi) is 5.42. The number of thioether (sulfide) groups is 1. The summed E-state index contributed by atoms with van der Waals surface area (Å²) in [5, 5.41) is 17.2. The summed E-state index contributed by atoms with van der Waals surface area (Å²) < 4.78 is 5.11. The van der Waals surface area contributed by atoms with Crippen molar-refractivity contribution in [2.45, 2.75) is 19.3 Å². The number of rotatable bonds is 9. The summed E-state index contributed by atoms with van der Waals surface area (Å²) in [6.45, 7) is 1.09. The first-order valence-corrected chi connectivity index (χ1v) is 6.32. The summed E-state index contributed by atoms with van der Waals surface area (Å²) in [4.78, 5) is 10.6. The molecule has 0 amide bonds. The highest BCUT2D eigenvalue weighted by molar-refractivity contribution is 7.99. The minimum Gasteiger partial charge on any atom is -0.481 e. The fourth-order valence-corrected chi connectivity index (χ4v) is 2.65. The minimum atomic E-state index is -0.690. The molecule has 0 atom stereocenters. The van der Waals surface area contributed by atoms with Crippen LogP contribution >= 0.6 is 11.8 Å². The second-order valence-corrected chi connectivity index (χ2v) is 5.06. The van der Waals surface area contributed by atoms with Crippen LogP contribution < -0.4 is 0 Å². The van der Waals surface area contributed by atoms with Crippen LogP contribution in [0, 0.1) is 5.41 Å². The number of ether oxygens (including phenoxy) is 1. The molecule has 0 aromatic heterocycles.